The molecule has 0 amide bonds. The largest absolute Gasteiger partial charge is 0.484 e. The molecule has 0 saturated heterocycles. The van der Waals surface area contributed by atoms with Crippen molar-refractivity contribution in [3.05, 3.63) is 65.7 Å². The van der Waals surface area contributed by atoms with Crippen molar-refractivity contribution in [1.29, 1.82) is 0 Å². The third-order valence-electron chi connectivity index (χ3n) is 2.75. The molecule has 0 saturated carbocycles. The van der Waals surface area contributed by atoms with Crippen LogP contribution < -0.4 is 10.5 Å². The second-order valence-corrected chi connectivity index (χ2v) is 4.38. The Labute approximate surface area is 110 Å². The summed E-state index contributed by atoms with van der Waals surface area (Å²) in [6.45, 7) is 1.72. The van der Waals surface area contributed by atoms with Gasteiger partial charge in [0.15, 0.2) is 0 Å². The third kappa shape index (κ3) is 3.29. The Kier molecular flexibility index (Phi) is 4.12. The van der Waals surface area contributed by atoms with Gasteiger partial charge in [0.05, 0.1) is 0 Å². The van der Waals surface area contributed by atoms with E-state index in [1.807, 2.05) is 0 Å². The molecule has 0 bridgehead atoms. The van der Waals surface area contributed by atoms with Gasteiger partial charge in [0.25, 0.3) is 0 Å². The van der Waals surface area contributed by atoms with E-state index in [4.69, 9.17) is 10.5 Å². The predicted octanol–water partition coefficient (Wildman–Crippen LogP) is 3.43. The van der Waals surface area contributed by atoms with Crippen molar-refractivity contribution in [2.45, 2.75) is 19.1 Å². The molecule has 2 aromatic rings. The summed E-state index contributed by atoms with van der Waals surface area (Å²) in [5.74, 6) is -0.471. The summed E-state index contributed by atoms with van der Waals surface area (Å²) in [5, 5.41) is 0. The predicted molar refractivity (Wildman–Crippen MR) is 69.8 cm³/mol. The van der Waals surface area contributed by atoms with Gasteiger partial charge in [-0.1, -0.05) is 24.3 Å². The number of halogens is 2. The van der Waals surface area contributed by atoms with E-state index in [9.17, 15) is 8.78 Å². The van der Waals surface area contributed by atoms with E-state index >= 15 is 0 Å². The molecule has 2 aromatic carbocycles. The van der Waals surface area contributed by atoms with E-state index in [-0.39, 0.29) is 5.82 Å². The normalized spacial score (nSPS) is 13.9. The van der Waals surface area contributed by atoms with Crippen LogP contribution in [0.1, 0.15) is 18.6 Å². The highest BCUT2D eigenvalue weighted by Crippen LogP contribution is 2.26. The zero-order valence-electron chi connectivity index (χ0n) is 10.5. The number of hydrogen-bond acceptors (Lipinski definition) is 2. The molecule has 0 fully saturated rings. The Balaban J connectivity index is 2.29. The van der Waals surface area contributed by atoms with Gasteiger partial charge >= 0.3 is 0 Å². The quantitative estimate of drug-likeness (QED) is 0.917. The molecular formula is C15H15F2NO. The first kappa shape index (κ1) is 13.5. The molecule has 0 aromatic heterocycles. The summed E-state index contributed by atoms with van der Waals surface area (Å²) < 4.78 is 32.5. The van der Waals surface area contributed by atoms with Crippen LogP contribution in [0, 0.1) is 11.6 Å². The molecule has 0 heterocycles. The van der Waals surface area contributed by atoms with Crippen molar-refractivity contribution in [3.8, 4) is 5.75 Å². The maximum atomic E-state index is 13.8. The minimum Gasteiger partial charge on any atom is -0.484 e. The topological polar surface area (TPSA) is 35.2 Å². The summed E-state index contributed by atoms with van der Waals surface area (Å²) >= 11 is 0. The molecule has 100 valence electrons. The first-order valence-electron chi connectivity index (χ1n) is 6.00. The van der Waals surface area contributed by atoms with Crippen LogP contribution in [-0.2, 0) is 0 Å². The van der Waals surface area contributed by atoms with Gasteiger partial charge in [-0.25, -0.2) is 8.78 Å². The van der Waals surface area contributed by atoms with Crippen molar-refractivity contribution < 1.29 is 13.5 Å². The summed E-state index contributed by atoms with van der Waals surface area (Å²) in [6.07, 6.45) is -0.664. The first-order chi connectivity index (χ1) is 9.08. The maximum Gasteiger partial charge on any atom is 0.141 e. The maximum absolute atomic E-state index is 13.8. The molecule has 2 rings (SSSR count). The molecule has 2 unspecified atom stereocenters. The fraction of sp³-hybridized carbons (Fsp3) is 0.200. The van der Waals surface area contributed by atoms with Crippen LogP contribution in [0.5, 0.6) is 5.75 Å². The number of ether oxygens (including phenoxy) is 1. The lowest BCUT2D eigenvalue weighted by Gasteiger charge is -2.23. The zero-order chi connectivity index (χ0) is 13.8. The van der Waals surface area contributed by atoms with Crippen LogP contribution in [0.3, 0.4) is 0 Å². The fourth-order valence-electron chi connectivity index (χ4n) is 1.85. The number of rotatable bonds is 4. The lowest BCUT2D eigenvalue weighted by Crippen LogP contribution is -2.29. The summed E-state index contributed by atoms with van der Waals surface area (Å²) in [7, 11) is 0. The highest BCUT2D eigenvalue weighted by atomic mass is 19.1. The second-order valence-electron chi connectivity index (χ2n) is 4.38. The minimum atomic E-state index is -0.664. The van der Waals surface area contributed by atoms with E-state index in [1.54, 1.807) is 31.2 Å². The summed E-state index contributed by atoms with van der Waals surface area (Å²) in [6, 6.07) is 11.5. The van der Waals surface area contributed by atoms with Gasteiger partial charge in [-0.2, -0.15) is 0 Å². The van der Waals surface area contributed by atoms with Crippen LogP contribution in [-0.4, -0.2) is 6.04 Å². The number of nitrogens with two attached hydrogens (primary N) is 1. The number of hydrogen-bond donors (Lipinski definition) is 1. The fourth-order valence-corrected chi connectivity index (χ4v) is 1.85. The molecule has 0 aliphatic carbocycles. The first-order valence-corrected chi connectivity index (χ1v) is 6.00. The molecule has 2 atom stereocenters. The van der Waals surface area contributed by atoms with Crippen LogP contribution in [0.4, 0.5) is 8.78 Å². The van der Waals surface area contributed by atoms with Crippen LogP contribution >= 0.6 is 0 Å². The highest BCUT2D eigenvalue weighted by Gasteiger charge is 2.21. The summed E-state index contributed by atoms with van der Waals surface area (Å²) in [5.41, 5.74) is 6.20. The Bertz CT molecular complexity index is 557. The van der Waals surface area contributed by atoms with Crippen LogP contribution in [0.2, 0.25) is 0 Å². The zero-order valence-corrected chi connectivity index (χ0v) is 10.5. The van der Waals surface area contributed by atoms with Crippen molar-refractivity contribution in [3.63, 3.8) is 0 Å². The molecule has 0 aliphatic heterocycles. The van der Waals surface area contributed by atoms with E-state index in [0.29, 0.717) is 11.3 Å². The standard InChI is InChI=1S/C15H15F2NO/c1-10(18)15(13-7-2-3-8-14(13)17)19-12-6-4-5-11(16)9-12/h2-10,15H,18H2,1H3. The molecular weight excluding hydrogens is 248 g/mol. The third-order valence-corrected chi connectivity index (χ3v) is 2.75. The molecule has 4 heteroatoms. The van der Waals surface area contributed by atoms with Gasteiger partial charge in [0.1, 0.15) is 23.5 Å². The monoisotopic (exact) mass is 263 g/mol. The van der Waals surface area contributed by atoms with Crippen LogP contribution in [0.25, 0.3) is 0 Å². The van der Waals surface area contributed by atoms with Gasteiger partial charge in [-0.15, -0.1) is 0 Å². The number of benzene rings is 2. The van der Waals surface area contributed by atoms with Crippen LogP contribution in [0.15, 0.2) is 48.5 Å². The Morgan fingerprint density at radius 3 is 2.42 bits per heavy atom. The van der Waals surface area contributed by atoms with Crippen molar-refractivity contribution >= 4 is 0 Å². The van der Waals surface area contributed by atoms with Crippen molar-refractivity contribution in [1.82, 2.24) is 0 Å². The van der Waals surface area contributed by atoms with Gasteiger partial charge < -0.3 is 10.5 Å². The molecule has 2 nitrogen and oxygen atoms in total. The van der Waals surface area contributed by atoms with E-state index in [0.717, 1.165) is 0 Å². The molecule has 2 N–H and O–H groups in total. The van der Waals surface area contributed by atoms with Crippen molar-refractivity contribution in [2.24, 2.45) is 5.73 Å². The van der Waals surface area contributed by atoms with Gasteiger partial charge in [0.2, 0.25) is 0 Å². The Morgan fingerprint density at radius 1 is 1.05 bits per heavy atom. The smallest absolute Gasteiger partial charge is 0.141 e. The van der Waals surface area contributed by atoms with Gasteiger partial charge in [-0.05, 0) is 25.1 Å². The molecule has 0 radical (unpaired) electrons. The molecule has 0 aliphatic rings. The van der Waals surface area contributed by atoms with E-state index in [1.165, 1.54) is 24.3 Å². The average Bonchev–Trinajstić information content (AvgIpc) is 2.37. The van der Waals surface area contributed by atoms with E-state index in [2.05, 4.69) is 0 Å². The average molecular weight is 263 g/mol. The Hall–Kier alpha value is -1.94. The van der Waals surface area contributed by atoms with Gasteiger partial charge in [-0.3, -0.25) is 0 Å². The van der Waals surface area contributed by atoms with E-state index < -0.39 is 18.0 Å². The summed E-state index contributed by atoms with van der Waals surface area (Å²) in [4.78, 5) is 0. The lowest BCUT2D eigenvalue weighted by molar-refractivity contribution is 0.175. The lowest BCUT2D eigenvalue weighted by atomic mass is 10.0. The minimum absolute atomic E-state index is 0.325. The SMILES string of the molecule is CC(N)C(Oc1cccc(F)c1)c1ccccc1F. The highest BCUT2D eigenvalue weighted by molar-refractivity contribution is 5.26. The van der Waals surface area contributed by atoms with Crippen molar-refractivity contribution in [2.75, 3.05) is 0 Å². The van der Waals surface area contributed by atoms with Gasteiger partial charge in [0, 0.05) is 17.7 Å². The molecule has 19 heavy (non-hydrogen) atoms. The molecule has 0 spiro atoms. The Morgan fingerprint density at radius 2 is 1.79 bits per heavy atom. The second kappa shape index (κ2) is 5.80.